The lowest BCUT2D eigenvalue weighted by atomic mass is 9.99. The molecule has 2 aromatic carbocycles. The van der Waals surface area contributed by atoms with Crippen molar-refractivity contribution >= 4 is 12.1 Å². The van der Waals surface area contributed by atoms with E-state index < -0.39 is 4.87 Å². The molecule has 2 aromatic rings. The van der Waals surface area contributed by atoms with Crippen molar-refractivity contribution in [2.75, 3.05) is 0 Å². The summed E-state index contributed by atoms with van der Waals surface area (Å²) in [6.07, 6.45) is 1.34. The molecule has 0 amide bonds. The molecule has 1 nitrogen and oxygen atoms in total. The van der Waals surface area contributed by atoms with Crippen LogP contribution in [0.2, 0.25) is 0 Å². The first-order chi connectivity index (χ1) is 8.74. The molecule has 0 fully saturated rings. The number of nitrogens with two attached hydrogens (primary N) is 1. The minimum absolute atomic E-state index is 0.222. The molecule has 0 aromatic heterocycles. The Morgan fingerprint density at radius 1 is 0.944 bits per heavy atom. The molecule has 0 aliphatic rings. The molecule has 0 aliphatic carbocycles. The maximum absolute atomic E-state index is 13.2. The van der Waals surface area contributed by atoms with E-state index in [4.69, 9.17) is 5.73 Å². The Balaban J connectivity index is 2.10. The number of benzene rings is 2. The van der Waals surface area contributed by atoms with Gasteiger partial charge in [0.25, 0.3) is 0 Å². The van der Waals surface area contributed by atoms with Gasteiger partial charge in [0.1, 0.15) is 4.87 Å². The molecule has 0 saturated heterocycles. The number of halogens is 1. The van der Waals surface area contributed by atoms with Gasteiger partial charge in [-0.05, 0) is 24.0 Å². The third kappa shape index (κ3) is 3.12. The first-order valence-corrected chi connectivity index (χ1v) is 6.64. The lowest BCUT2D eigenvalue weighted by Crippen LogP contribution is -2.32. The van der Waals surface area contributed by atoms with E-state index in [2.05, 4.69) is 0 Å². The molecule has 0 radical (unpaired) electrons. The summed E-state index contributed by atoms with van der Waals surface area (Å²) in [7, 11) is 0. The molecule has 0 saturated carbocycles. The molecule has 0 bridgehead atoms. The number of rotatable bonds is 5. The highest BCUT2D eigenvalue weighted by Gasteiger charge is 2.28. The van der Waals surface area contributed by atoms with E-state index in [0.29, 0.717) is 6.42 Å². The third-order valence-electron chi connectivity index (χ3n) is 3.03. The van der Waals surface area contributed by atoms with Crippen LogP contribution in [-0.4, -0.2) is 0 Å². The van der Waals surface area contributed by atoms with E-state index in [1.807, 2.05) is 60.7 Å². The normalized spacial score (nSPS) is 14.1. The first kappa shape index (κ1) is 13.1. The first-order valence-electron chi connectivity index (χ1n) is 5.93. The molecule has 0 heterocycles. The average molecular weight is 261 g/mol. The van der Waals surface area contributed by atoms with Gasteiger partial charge < -0.3 is 5.73 Å². The molecule has 2 rings (SSSR count). The summed E-state index contributed by atoms with van der Waals surface area (Å²) in [6.45, 7) is 0. The van der Waals surface area contributed by atoms with Gasteiger partial charge in [-0.2, -0.15) is 3.89 Å². The lowest BCUT2D eigenvalue weighted by Gasteiger charge is -2.25. The van der Waals surface area contributed by atoms with Crippen LogP contribution in [0.1, 0.15) is 17.5 Å². The third-order valence-corrected chi connectivity index (χ3v) is 3.74. The van der Waals surface area contributed by atoms with Crippen LogP contribution in [0.15, 0.2) is 60.7 Å². The lowest BCUT2D eigenvalue weighted by molar-refractivity contribution is 0.577. The molecular weight excluding hydrogens is 245 g/mol. The van der Waals surface area contributed by atoms with E-state index >= 15 is 0 Å². The van der Waals surface area contributed by atoms with Crippen LogP contribution in [0, 0.1) is 0 Å². The van der Waals surface area contributed by atoms with Crippen LogP contribution in [0.3, 0.4) is 0 Å². The van der Waals surface area contributed by atoms with Crippen LogP contribution >= 0.6 is 12.1 Å². The maximum atomic E-state index is 13.2. The summed E-state index contributed by atoms with van der Waals surface area (Å²) in [5.41, 5.74) is 8.16. The van der Waals surface area contributed by atoms with Gasteiger partial charge in [-0.3, -0.25) is 0 Å². The van der Waals surface area contributed by atoms with Crippen molar-refractivity contribution in [2.24, 2.45) is 5.73 Å². The highest BCUT2D eigenvalue weighted by Crippen LogP contribution is 2.36. The fourth-order valence-corrected chi connectivity index (χ4v) is 2.33. The summed E-state index contributed by atoms with van der Waals surface area (Å²) in [5.74, 6) is 0. The van der Waals surface area contributed by atoms with Crippen LogP contribution in [0.25, 0.3) is 0 Å². The van der Waals surface area contributed by atoms with Gasteiger partial charge in [0.05, 0.1) is 12.1 Å². The number of aryl methyl sites for hydroxylation is 1. The van der Waals surface area contributed by atoms with Gasteiger partial charge in [-0.25, -0.2) is 0 Å². The molecule has 1 atom stereocenters. The highest BCUT2D eigenvalue weighted by atomic mass is 32.2. The smallest absolute Gasteiger partial charge is 0.120 e. The molecule has 0 spiro atoms. The maximum Gasteiger partial charge on any atom is 0.120 e. The van der Waals surface area contributed by atoms with E-state index in [0.717, 1.165) is 12.0 Å². The minimum Gasteiger partial charge on any atom is -0.311 e. The van der Waals surface area contributed by atoms with E-state index in [1.54, 1.807) is 0 Å². The Morgan fingerprint density at radius 3 is 2.06 bits per heavy atom. The summed E-state index contributed by atoms with van der Waals surface area (Å²) >= 11 is 0.222. The quantitative estimate of drug-likeness (QED) is 0.822. The Bertz CT molecular complexity index is 474. The highest BCUT2D eigenvalue weighted by molar-refractivity contribution is 7.95. The zero-order valence-corrected chi connectivity index (χ0v) is 10.9. The van der Waals surface area contributed by atoms with Crippen LogP contribution in [0.4, 0.5) is 3.89 Å². The summed E-state index contributed by atoms with van der Waals surface area (Å²) in [4.78, 5) is -0.961. The van der Waals surface area contributed by atoms with Crippen molar-refractivity contribution in [3.63, 3.8) is 0 Å². The van der Waals surface area contributed by atoms with E-state index in [9.17, 15) is 3.89 Å². The largest absolute Gasteiger partial charge is 0.311 e. The molecule has 0 aliphatic heterocycles. The second-order valence-corrected chi connectivity index (χ2v) is 5.20. The Hall–Kier alpha value is -1.32. The van der Waals surface area contributed by atoms with Crippen LogP contribution in [-0.2, 0) is 11.3 Å². The Labute approximate surface area is 112 Å². The summed E-state index contributed by atoms with van der Waals surface area (Å²) < 4.78 is 13.2. The Kier molecular flexibility index (Phi) is 4.39. The van der Waals surface area contributed by atoms with E-state index in [1.165, 1.54) is 5.56 Å². The zero-order valence-electron chi connectivity index (χ0n) is 10.1. The molecular formula is C15H16FNS. The van der Waals surface area contributed by atoms with Crippen LogP contribution < -0.4 is 5.73 Å². The van der Waals surface area contributed by atoms with Crippen molar-refractivity contribution in [2.45, 2.75) is 17.7 Å². The molecule has 3 heteroatoms. The predicted octanol–water partition coefficient (Wildman–Crippen LogP) is 4.05. The van der Waals surface area contributed by atoms with Gasteiger partial charge in [0.2, 0.25) is 0 Å². The topological polar surface area (TPSA) is 26.0 Å². The van der Waals surface area contributed by atoms with Gasteiger partial charge in [-0.15, -0.1) is 0 Å². The van der Waals surface area contributed by atoms with Crippen molar-refractivity contribution in [3.05, 3.63) is 71.8 Å². The fourth-order valence-electron chi connectivity index (χ4n) is 1.92. The average Bonchev–Trinajstić information content (AvgIpc) is 2.47. The molecule has 18 heavy (non-hydrogen) atoms. The zero-order chi connectivity index (χ0) is 12.8. The molecule has 94 valence electrons. The molecule has 1 unspecified atom stereocenters. The van der Waals surface area contributed by atoms with Crippen molar-refractivity contribution in [3.8, 4) is 0 Å². The Morgan fingerprint density at radius 2 is 1.50 bits per heavy atom. The van der Waals surface area contributed by atoms with Gasteiger partial charge >= 0.3 is 0 Å². The van der Waals surface area contributed by atoms with Crippen LogP contribution in [0.5, 0.6) is 0 Å². The van der Waals surface area contributed by atoms with E-state index in [-0.39, 0.29) is 12.1 Å². The van der Waals surface area contributed by atoms with Gasteiger partial charge in [0.15, 0.2) is 0 Å². The van der Waals surface area contributed by atoms with Crippen molar-refractivity contribution < 1.29 is 3.89 Å². The monoisotopic (exact) mass is 261 g/mol. The summed E-state index contributed by atoms with van der Waals surface area (Å²) in [5, 5.41) is 0. The van der Waals surface area contributed by atoms with Crippen molar-refractivity contribution in [1.82, 2.24) is 0 Å². The second kappa shape index (κ2) is 6.03. The standard InChI is InChI=1S/C15H16FNS/c16-18-15(17,14-9-5-2-6-10-14)12-11-13-7-3-1-4-8-13/h1-10H,11-12,17H2. The predicted molar refractivity (Wildman–Crippen MR) is 75.8 cm³/mol. The minimum atomic E-state index is -0.961. The number of hydrogen-bond acceptors (Lipinski definition) is 2. The van der Waals surface area contributed by atoms with Gasteiger partial charge in [0, 0.05) is 0 Å². The second-order valence-electron chi connectivity index (χ2n) is 4.32. The van der Waals surface area contributed by atoms with Crippen molar-refractivity contribution in [1.29, 1.82) is 0 Å². The fraction of sp³-hybridized carbons (Fsp3) is 0.200. The summed E-state index contributed by atoms with van der Waals surface area (Å²) in [6, 6.07) is 19.4. The SMILES string of the molecule is NC(CCc1ccccc1)(SF)c1ccccc1. The number of hydrogen-bond donors (Lipinski definition) is 1. The van der Waals surface area contributed by atoms with Gasteiger partial charge in [-0.1, -0.05) is 60.7 Å². The molecule has 2 N–H and O–H groups in total.